The summed E-state index contributed by atoms with van der Waals surface area (Å²) >= 11 is 1.44. The smallest absolute Gasteiger partial charge is 0.270 e. The number of aromatic nitrogens is 1. The Kier molecular flexibility index (Phi) is 5.10. The van der Waals surface area contributed by atoms with E-state index >= 15 is 0 Å². The number of hydrogen-bond acceptors (Lipinski definition) is 5. The number of rotatable bonds is 4. The molecule has 6 heteroatoms. The molecule has 2 aliphatic rings. The summed E-state index contributed by atoms with van der Waals surface area (Å²) in [5.41, 5.74) is 1.72. The Morgan fingerprint density at radius 2 is 2.09 bits per heavy atom. The summed E-state index contributed by atoms with van der Waals surface area (Å²) in [5, 5.41) is 15.5. The molecule has 2 heterocycles. The normalized spacial score (nSPS) is 23.3. The van der Waals surface area contributed by atoms with Crippen LogP contribution in [0, 0.1) is 0 Å². The second-order valence-corrected chi connectivity index (χ2v) is 7.40. The fourth-order valence-electron chi connectivity index (χ4n) is 3.60. The van der Waals surface area contributed by atoms with Gasteiger partial charge in [-0.05, 0) is 25.7 Å². The molecule has 1 aliphatic carbocycles. The van der Waals surface area contributed by atoms with Crippen molar-refractivity contribution in [3.8, 4) is 0 Å². The van der Waals surface area contributed by atoms with Crippen molar-refractivity contribution in [1.82, 2.24) is 15.2 Å². The van der Waals surface area contributed by atoms with Gasteiger partial charge >= 0.3 is 0 Å². The molecule has 0 unspecified atom stereocenters. The number of amides is 1. The highest BCUT2D eigenvalue weighted by Gasteiger charge is 2.32. The summed E-state index contributed by atoms with van der Waals surface area (Å²) < 4.78 is 0. The molecule has 1 saturated heterocycles. The summed E-state index contributed by atoms with van der Waals surface area (Å²) in [5.74, 6) is -0.0643. The Morgan fingerprint density at radius 3 is 2.73 bits per heavy atom. The molecule has 1 aromatic rings. The molecular formula is C16H25N3O2S. The van der Waals surface area contributed by atoms with Crippen LogP contribution in [0.5, 0.6) is 0 Å². The highest BCUT2D eigenvalue weighted by molar-refractivity contribution is 7.07. The monoisotopic (exact) mass is 323 g/mol. The maximum absolute atomic E-state index is 12.0. The Balaban J connectivity index is 1.43. The SMILES string of the molecule is O=C(NC1CCN(CC2(O)CCCCC2)CC1)c1cscn1. The van der Waals surface area contributed by atoms with Crippen molar-refractivity contribution in [3.05, 3.63) is 16.6 Å². The van der Waals surface area contributed by atoms with Gasteiger partial charge in [-0.3, -0.25) is 4.79 Å². The molecule has 1 saturated carbocycles. The molecule has 5 nitrogen and oxygen atoms in total. The third-order valence-corrected chi connectivity index (χ3v) is 5.48. The first kappa shape index (κ1) is 15.9. The molecule has 0 spiro atoms. The lowest BCUT2D eigenvalue weighted by Crippen LogP contribution is -2.50. The third kappa shape index (κ3) is 4.06. The summed E-state index contributed by atoms with van der Waals surface area (Å²) in [6.07, 6.45) is 7.33. The minimum absolute atomic E-state index is 0.0643. The number of carbonyl (C=O) groups excluding carboxylic acids is 1. The van der Waals surface area contributed by atoms with Crippen LogP contribution in [0.2, 0.25) is 0 Å². The van der Waals surface area contributed by atoms with Crippen molar-refractivity contribution < 1.29 is 9.90 Å². The van der Waals surface area contributed by atoms with Gasteiger partial charge in [0.25, 0.3) is 5.91 Å². The zero-order chi connectivity index (χ0) is 15.4. The van der Waals surface area contributed by atoms with E-state index < -0.39 is 5.60 Å². The van der Waals surface area contributed by atoms with Gasteiger partial charge < -0.3 is 15.3 Å². The molecule has 2 N–H and O–H groups in total. The number of β-amino-alcohol motifs (C(OH)–C–C–N with tert-alkyl or cyclic N) is 1. The summed E-state index contributed by atoms with van der Waals surface area (Å²) in [6.45, 7) is 2.69. The van der Waals surface area contributed by atoms with E-state index in [2.05, 4.69) is 15.2 Å². The van der Waals surface area contributed by atoms with Crippen molar-refractivity contribution in [1.29, 1.82) is 0 Å². The molecule has 1 amide bonds. The zero-order valence-corrected chi connectivity index (χ0v) is 13.8. The summed E-state index contributed by atoms with van der Waals surface area (Å²) in [4.78, 5) is 18.4. The lowest BCUT2D eigenvalue weighted by atomic mass is 9.84. The van der Waals surface area contributed by atoms with E-state index in [1.54, 1.807) is 10.9 Å². The average Bonchev–Trinajstić information content (AvgIpc) is 3.04. The van der Waals surface area contributed by atoms with E-state index in [0.29, 0.717) is 5.69 Å². The van der Waals surface area contributed by atoms with Crippen molar-refractivity contribution in [2.75, 3.05) is 19.6 Å². The summed E-state index contributed by atoms with van der Waals surface area (Å²) in [7, 11) is 0. The standard InChI is InChI=1S/C16H25N3O2S/c20-15(14-10-22-12-17-14)18-13-4-8-19(9-5-13)11-16(21)6-2-1-3-7-16/h10,12-13,21H,1-9,11H2,(H,18,20). The lowest BCUT2D eigenvalue weighted by molar-refractivity contribution is -0.0312. The number of nitrogens with one attached hydrogen (secondary N) is 1. The maximum atomic E-state index is 12.0. The van der Waals surface area contributed by atoms with Crippen LogP contribution in [-0.4, -0.2) is 52.2 Å². The van der Waals surface area contributed by atoms with Crippen LogP contribution < -0.4 is 5.32 Å². The zero-order valence-electron chi connectivity index (χ0n) is 13.0. The summed E-state index contributed by atoms with van der Waals surface area (Å²) in [6, 6.07) is 0.228. The molecule has 0 aromatic carbocycles. The molecule has 0 radical (unpaired) electrons. The van der Waals surface area contributed by atoms with Crippen molar-refractivity contribution in [2.24, 2.45) is 0 Å². The van der Waals surface area contributed by atoms with Crippen LogP contribution in [0.3, 0.4) is 0 Å². The number of likely N-dealkylation sites (tertiary alicyclic amines) is 1. The van der Waals surface area contributed by atoms with Gasteiger partial charge in [-0.1, -0.05) is 19.3 Å². The number of nitrogens with zero attached hydrogens (tertiary/aromatic N) is 2. The Labute approximate surface area is 135 Å². The van der Waals surface area contributed by atoms with Crippen molar-refractivity contribution >= 4 is 17.2 Å². The predicted molar refractivity (Wildman–Crippen MR) is 87.1 cm³/mol. The van der Waals surface area contributed by atoms with Crippen molar-refractivity contribution in [2.45, 2.75) is 56.6 Å². The molecule has 0 atom stereocenters. The fraction of sp³-hybridized carbons (Fsp3) is 0.750. The molecule has 2 fully saturated rings. The van der Waals surface area contributed by atoms with Gasteiger partial charge in [-0.15, -0.1) is 11.3 Å². The number of aliphatic hydroxyl groups is 1. The fourth-order valence-corrected chi connectivity index (χ4v) is 4.14. The maximum Gasteiger partial charge on any atom is 0.270 e. The van der Waals surface area contributed by atoms with Crippen LogP contribution in [0.1, 0.15) is 55.4 Å². The van der Waals surface area contributed by atoms with Crippen LogP contribution >= 0.6 is 11.3 Å². The molecule has 1 aromatic heterocycles. The van der Waals surface area contributed by atoms with Crippen LogP contribution in [0.4, 0.5) is 0 Å². The molecule has 0 bridgehead atoms. The van der Waals surface area contributed by atoms with Gasteiger partial charge in [0.1, 0.15) is 5.69 Å². The molecular weight excluding hydrogens is 298 g/mol. The predicted octanol–water partition coefficient (Wildman–Crippen LogP) is 2.03. The minimum Gasteiger partial charge on any atom is -0.389 e. The van der Waals surface area contributed by atoms with E-state index in [1.165, 1.54) is 17.8 Å². The van der Waals surface area contributed by atoms with E-state index in [0.717, 1.165) is 58.2 Å². The second-order valence-electron chi connectivity index (χ2n) is 6.68. The quantitative estimate of drug-likeness (QED) is 0.890. The Morgan fingerprint density at radius 1 is 1.36 bits per heavy atom. The lowest BCUT2D eigenvalue weighted by Gasteiger charge is -2.40. The molecule has 1 aliphatic heterocycles. The Hall–Kier alpha value is -0.980. The Bertz CT molecular complexity index is 478. The van der Waals surface area contributed by atoms with Crippen molar-refractivity contribution in [3.63, 3.8) is 0 Å². The van der Waals surface area contributed by atoms with Gasteiger partial charge in [0, 0.05) is 31.1 Å². The topological polar surface area (TPSA) is 65.5 Å². The van der Waals surface area contributed by atoms with Gasteiger partial charge in [0.15, 0.2) is 0 Å². The largest absolute Gasteiger partial charge is 0.389 e. The van der Waals surface area contributed by atoms with Gasteiger partial charge in [0.2, 0.25) is 0 Å². The van der Waals surface area contributed by atoms with Crippen LogP contribution in [0.25, 0.3) is 0 Å². The average molecular weight is 323 g/mol. The van der Waals surface area contributed by atoms with Gasteiger partial charge in [-0.25, -0.2) is 4.98 Å². The third-order valence-electron chi connectivity index (χ3n) is 4.89. The second kappa shape index (κ2) is 7.06. The highest BCUT2D eigenvalue weighted by atomic mass is 32.1. The first-order valence-electron chi connectivity index (χ1n) is 8.28. The molecule has 122 valence electrons. The first-order valence-corrected chi connectivity index (χ1v) is 9.23. The number of piperidine rings is 1. The van der Waals surface area contributed by atoms with Gasteiger partial charge in [0.05, 0.1) is 11.1 Å². The first-order chi connectivity index (χ1) is 10.6. The van der Waals surface area contributed by atoms with E-state index in [9.17, 15) is 9.90 Å². The van der Waals surface area contributed by atoms with E-state index in [1.807, 2.05) is 0 Å². The number of carbonyl (C=O) groups is 1. The van der Waals surface area contributed by atoms with Crippen LogP contribution in [0.15, 0.2) is 10.9 Å². The molecule has 3 rings (SSSR count). The number of hydrogen-bond donors (Lipinski definition) is 2. The van der Waals surface area contributed by atoms with Crippen LogP contribution in [-0.2, 0) is 0 Å². The van der Waals surface area contributed by atoms with E-state index in [4.69, 9.17) is 0 Å². The number of thiazole rings is 1. The van der Waals surface area contributed by atoms with E-state index in [-0.39, 0.29) is 11.9 Å². The highest BCUT2D eigenvalue weighted by Crippen LogP contribution is 2.29. The van der Waals surface area contributed by atoms with Gasteiger partial charge in [-0.2, -0.15) is 0 Å². The molecule has 22 heavy (non-hydrogen) atoms. The minimum atomic E-state index is -0.477.